The molecule has 0 fully saturated rings. The molecule has 3 rings (SSSR count). The van der Waals surface area contributed by atoms with Crippen molar-refractivity contribution in [3.8, 4) is 0 Å². The predicted molar refractivity (Wildman–Crippen MR) is 101 cm³/mol. The molecule has 0 unspecified atom stereocenters. The molecule has 3 amide bonds. The molecule has 0 spiro atoms. The quantitative estimate of drug-likeness (QED) is 0.707. The Labute approximate surface area is 158 Å². The summed E-state index contributed by atoms with van der Waals surface area (Å²) in [6.45, 7) is 1.40. The number of hydrogen-bond donors (Lipinski definition) is 2. The monoisotopic (exact) mass is 366 g/mol. The van der Waals surface area contributed by atoms with Gasteiger partial charge < -0.3 is 10.2 Å². The first-order valence-corrected chi connectivity index (χ1v) is 9.05. The molecule has 0 aromatic heterocycles. The molecule has 1 aliphatic rings. The average Bonchev–Trinajstić information content (AvgIpc) is 2.90. The summed E-state index contributed by atoms with van der Waals surface area (Å²) in [5, 5.41) is 2.89. The largest absolute Gasteiger partial charge is 0.352 e. The summed E-state index contributed by atoms with van der Waals surface area (Å²) < 4.78 is 0. The lowest BCUT2D eigenvalue weighted by atomic mass is 10.1. The van der Waals surface area contributed by atoms with Gasteiger partial charge in [0.15, 0.2) is 0 Å². The van der Waals surface area contributed by atoms with Gasteiger partial charge >= 0.3 is 0 Å². The molecule has 0 saturated heterocycles. The first-order valence-electron chi connectivity index (χ1n) is 9.05. The van der Waals surface area contributed by atoms with E-state index < -0.39 is 0 Å². The van der Waals surface area contributed by atoms with E-state index >= 15 is 0 Å². The number of hydrogen-bond acceptors (Lipinski definition) is 3. The third-order valence-corrected chi connectivity index (χ3v) is 4.58. The number of amides is 3. The summed E-state index contributed by atoms with van der Waals surface area (Å²) in [6.07, 6.45) is 0.0898. The minimum absolute atomic E-state index is 0.0850. The average molecular weight is 366 g/mol. The molecule has 0 bridgehead atoms. The fourth-order valence-electron chi connectivity index (χ4n) is 3.22. The summed E-state index contributed by atoms with van der Waals surface area (Å²) >= 11 is 0. The molecule has 2 aromatic carbocycles. The Morgan fingerprint density at radius 3 is 2.07 bits per heavy atom. The van der Waals surface area contributed by atoms with Crippen molar-refractivity contribution in [1.29, 1.82) is 0 Å². The highest BCUT2D eigenvalue weighted by atomic mass is 16.2. The summed E-state index contributed by atoms with van der Waals surface area (Å²) in [5.74, 6) is -0.844. The van der Waals surface area contributed by atoms with Gasteiger partial charge in [0.2, 0.25) is 5.91 Å². The molecule has 140 valence electrons. The van der Waals surface area contributed by atoms with Gasteiger partial charge in [0, 0.05) is 25.1 Å². The van der Waals surface area contributed by atoms with Crippen molar-refractivity contribution in [2.24, 2.45) is 0 Å². The van der Waals surface area contributed by atoms with Crippen LogP contribution in [-0.4, -0.2) is 43.3 Å². The van der Waals surface area contributed by atoms with Crippen LogP contribution in [0, 0.1) is 0 Å². The van der Waals surface area contributed by atoms with Crippen LogP contribution in [0.25, 0.3) is 0 Å². The second kappa shape index (κ2) is 8.14. The molecule has 2 N–H and O–H groups in total. The molecule has 6 nitrogen and oxygen atoms in total. The van der Waals surface area contributed by atoms with Crippen LogP contribution >= 0.6 is 0 Å². The standard InChI is InChI=1S/C21H23N3O3/c1-23(2)14-16-8-4-3-7-15(16)13-22-19(25)11-12-24-20(26)17-9-5-6-10-18(17)21(24)27/h3-10H,11-14H2,1-2H3,(H,22,25)/p+1. The van der Waals surface area contributed by atoms with E-state index in [1.165, 1.54) is 10.5 Å². The van der Waals surface area contributed by atoms with E-state index in [1.54, 1.807) is 24.3 Å². The third-order valence-electron chi connectivity index (χ3n) is 4.58. The van der Waals surface area contributed by atoms with Crippen molar-refractivity contribution >= 4 is 17.7 Å². The normalized spacial score (nSPS) is 13.2. The maximum absolute atomic E-state index is 12.3. The maximum Gasteiger partial charge on any atom is 0.261 e. The summed E-state index contributed by atoms with van der Waals surface area (Å²) in [5.41, 5.74) is 3.08. The predicted octanol–water partition coefficient (Wildman–Crippen LogP) is 0.634. The van der Waals surface area contributed by atoms with Crippen molar-refractivity contribution in [1.82, 2.24) is 10.2 Å². The molecule has 0 radical (unpaired) electrons. The first kappa shape index (κ1) is 18.8. The molecule has 1 aliphatic heterocycles. The van der Waals surface area contributed by atoms with E-state index in [4.69, 9.17) is 0 Å². The van der Waals surface area contributed by atoms with Gasteiger partial charge in [-0.05, 0) is 17.7 Å². The van der Waals surface area contributed by atoms with Gasteiger partial charge in [-0.25, -0.2) is 0 Å². The summed E-state index contributed by atoms with van der Waals surface area (Å²) in [4.78, 5) is 39.3. The van der Waals surface area contributed by atoms with Gasteiger partial charge in [0.1, 0.15) is 6.54 Å². The minimum atomic E-state index is -0.331. The van der Waals surface area contributed by atoms with Crippen molar-refractivity contribution in [2.75, 3.05) is 20.6 Å². The number of nitrogens with zero attached hydrogens (tertiary/aromatic N) is 1. The minimum Gasteiger partial charge on any atom is -0.352 e. The topological polar surface area (TPSA) is 70.9 Å². The Kier molecular flexibility index (Phi) is 5.66. The fraction of sp³-hybridized carbons (Fsp3) is 0.286. The van der Waals surface area contributed by atoms with Crippen molar-refractivity contribution in [3.05, 3.63) is 70.8 Å². The lowest BCUT2D eigenvalue weighted by Gasteiger charge is -2.15. The number of fused-ring (bicyclic) bond motifs is 1. The van der Waals surface area contributed by atoms with E-state index in [0.717, 1.165) is 17.0 Å². The van der Waals surface area contributed by atoms with Crippen LogP contribution in [0.1, 0.15) is 38.3 Å². The van der Waals surface area contributed by atoms with Crippen molar-refractivity contribution in [3.63, 3.8) is 0 Å². The lowest BCUT2D eigenvalue weighted by molar-refractivity contribution is -0.872. The number of benzene rings is 2. The molecule has 27 heavy (non-hydrogen) atoms. The second-order valence-electron chi connectivity index (χ2n) is 6.99. The zero-order valence-electron chi connectivity index (χ0n) is 15.6. The van der Waals surface area contributed by atoms with Gasteiger partial charge in [0.05, 0.1) is 25.2 Å². The molecule has 0 atom stereocenters. The molecule has 6 heteroatoms. The molecule has 0 saturated carbocycles. The Morgan fingerprint density at radius 1 is 0.926 bits per heavy atom. The zero-order valence-corrected chi connectivity index (χ0v) is 15.6. The van der Waals surface area contributed by atoms with Gasteiger partial charge in [-0.15, -0.1) is 0 Å². The Balaban J connectivity index is 1.54. The van der Waals surface area contributed by atoms with Crippen LogP contribution < -0.4 is 10.2 Å². The Morgan fingerprint density at radius 2 is 1.48 bits per heavy atom. The molecular formula is C21H24N3O3+. The van der Waals surface area contributed by atoms with E-state index in [1.807, 2.05) is 18.2 Å². The van der Waals surface area contributed by atoms with E-state index in [9.17, 15) is 14.4 Å². The fourth-order valence-corrected chi connectivity index (χ4v) is 3.22. The molecule has 1 heterocycles. The highest BCUT2D eigenvalue weighted by Crippen LogP contribution is 2.22. The van der Waals surface area contributed by atoms with Crippen molar-refractivity contribution < 1.29 is 19.3 Å². The number of carbonyl (C=O) groups excluding carboxylic acids is 3. The molecule has 0 aliphatic carbocycles. The van der Waals surface area contributed by atoms with Crippen LogP contribution in [0.4, 0.5) is 0 Å². The molecular weight excluding hydrogens is 342 g/mol. The number of nitrogens with one attached hydrogen (secondary N) is 2. The van der Waals surface area contributed by atoms with Crippen molar-refractivity contribution in [2.45, 2.75) is 19.5 Å². The SMILES string of the molecule is C[NH+](C)Cc1ccccc1CNC(=O)CCN1C(=O)c2ccccc2C1=O. The van der Waals surface area contributed by atoms with Gasteiger partial charge in [0.25, 0.3) is 11.8 Å². The number of rotatable bonds is 7. The van der Waals surface area contributed by atoms with Gasteiger partial charge in [-0.1, -0.05) is 36.4 Å². The van der Waals surface area contributed by atoms with Gasteiger partial charge in [-0.3, -0.25) is 19.3 Å². The van der Waals surface area contributed by atoms with Crippen LogP contribution in [0.5, 0.6) is 0 Å². The van der Waals surface area contributed by atoms with Crippen LogP contribution in [-0.2, 0) is 17.9 Å². The second-order valence-corrected chi connectivity index (χ2v) is 6.99. The third kappa shape index (κ3) is 4.23. The zero-order chi connectivity index (χ0) is 19.4. The molecule has 2 aromatic rings. The van der Waals surface area contributed by atoms with E-state index in [-0.39, 0.29) is 30.7 Å². The smallest absolute Gasteiger partial charge is 0.261 e. The van der Waals surface area contributed by atoms with E-state index in [2.05, 4.69) is 25.5 Å². The van der Waals surface area contributed by atoms with Gasteiger partial charge in [-0.2, -0.15) is 0 Å². The summed E-state index contributed by atoms with van der Waals surface area (Å²) in [7, 11) is 4.16. The number of carbonyl (C=O) groups is 3. The highest BCUT2D eigenvalue weighted by Gasteiger charge is 2.34. The summed E-state index contributed by atoms with van der Waals surface area (Å²) in [6, 6.07) is 14.7. The number of quaternary nitrogens is 1. The maximum atomic E-state index is 12.3. The van der Waals surface area contributed by atoms with Crippen LogP contribution in [0.15, 0.2) is 48.5 Å². The Hall–Kier alpha value is -2.99. The van der Waals surface area contributed by atoms with Crippen LogP contribution in [0.3, 0.4) is 0 Å². The lowest BCUT2D eigenvalue weighted by Crippen LogP contribution is -3.04. The van der Waals surface area contributed by atoms with E-state index in [0.29, 0.717) is 17.7 Å². The van der Waals surface area contributed by atoms with Crippen LogP contribution in [0.2, 0.25) is 0 Å². The first-order chi connectivity index (χ1) is 13.0. The Bertz CT molecular complexity index is 841. The highest BCUT2D eigenvalue weighted by molar-refractivity contribution is 6.21. The number of imide groups is 1.